The fourth-order valence-electron chi connectivity index (χ4n) is 2.19. The smallest absolute Gasteiger partial charge is 0.244 e. The summed E-state index contributed by atoms with van der Waals surface area (Å²) in [5.41, 5.74) is 1.09. The summed E-state index contributed by atoms with van der Waals surface area (Å²) in [5, 5.41) is 4.02. The van der Waals surface area contributed by atoms with E-state index in [1.54, 1.807) is 44.3 Å². The van der Waals surface area contributed by atoms with E-state index in [1.165, 1.54) is 17.0 Å². The number of nitrogens with zero attached hydrogens (tertiary/aromatic N) is 1. The highest BCUT2D eigenvalue weighted by atomic mass is 35.5. The van der Waals surface area contributed by atoms with Crippen LogP contribution in [0.5, 0.6) is 0 Å². The number of likely N-dealkylation sites (N-methyl/N-ethyl adjacent to an activating group) is 1. The van der Waals surface area contributed by atoms with Crippen LogP contribution in [0.3, 0.4) is 0 Å². The fourth-order valence-corrected chi connectivity index (χ4v) is 2.54. The molecule has 0 aliphatic heterocycles. The van der Waals surface area contributed by atoms with Crippen LogP contribution >= 0.6 is 23.2 Å². The van der Waals surface area contributed by atoms with Crippen LogP contribution in [0.1, 0.15) is 12.5 Å². The minimum atomic E-state index is -0.466. The lowest BCUT2D eigenvalue weighted by Gasteiger charge is -2.23. The predicted octanol–water partition coefficient (Wildman–Crippen LogP) is 4.59. The van der Waals surface area contributed by atoms with E-state index in [0.29, 0.717) is 15.6 Å². The predicted molar refractivity (Wildman–Crippen MR) is 92.4 cm³/mol. The standard InChI is InChI=1S/C17H17Cl2FN2O/c1-11(21-13-8-6-12(18)7-9-13)17(23)22(2)10-14-15(19)4-3-5-16(14)20/h3-9,11,21H,10H2,1-2H3. The molecule has 1 atom stereocenters. The van der Waals surface area contributed by atoms with Gasteiger partial charge in [-0.3, -0.25) is 4.79 Å². The topological polar surface area (TPSA) is 32.3 Å². The van der Waals surface area contributed by atoms with Crippen molar-refractivity contribution in [2.45, 2.75) is 19.5 Å². The Balaban J connectivity index is 2.02. The molecule has 0 radical (unpaired) electrons. The molecule has 0 bridgehead atoms. The Morgan fingerprint density at radius 1 is 1.22 bits per heavy atom. The van der Waals surface area contributed by atoms with E-state index >= 15 is 0 Å². The molecule has 0 aliphatic rings. The Hall–Kier alpha value is -1.78. The molecule has 1 N–H and O–H groups in total. The van der Waals surface area contributed by atoms with E-state index in [2.05, 4.69) is 5.32 Å². The first-order valence-electron chi connectivity index (χ1n) is 7.08. The molecule has 122 valence electrons. The van der Waals surface area contributed by atoms with Gasteiger partial charge in [0.1, 0.15) is 11.9 Å². The Bertz CT molecular complexity index is 671. The highest BCUT2D eigenvalue weighted by molar-refractivity contribution is 6.31. The summed E-state index contributed by atoms with van der Waals surface area (Å²) in [7, 11) is 1.62. The van der Waals surface area contributed by atoms with Gasteiger partial charge in [-0.25, -0.2) is 4.39 Å². The fraction of sp³-hybridized carbons (Fsp3) is 0.235. The van der Waals surface area contributed by atoms with E-state index in [9.17, 15) is 9.18 Å². The molecule has 2 rings (SSSR count). The number of anilines is 1. The quantitative estimate of drug-likeness (QED) is 0.851. The van der Waals surface area contributed by atoms with Gasteiger partial charge in [0.25, 0.3) is 0 Å². The first-order valence-corrected chi connectivity index (χ1v) is 7.84. The Morgan fingerprint density at radius 3 is 2.48 bits per heavy atom. The van der Waals surface area contributed by atoms with Gasteiger partial charge in [-0.2, -0.15) is 0 Å². The molecule has 6 heteroatoms. The summed E-state index contributed by atoms with van der Waals surface area (Å²) in [6.07, 6.45) is 0. The maximum atomic E-state index is 13.8. The average Bonchev–Trinajstić information content (AvgIpc) is 2.52. The third-order valence-electron chi connectivity index (χ3n) is 3.43. The lowest BCUT2D eigenvalue weighted by molar-refractivity contribution is -0.130. The van der Waals surface area contributed by atoms with Gasteiger partial charge in [0.15, 0.2) is 0 Å². The summed E-state index contributed by atoms with van der Waals surface area (Å²) in [6, 6.07) is 11.1. The summed E-state index contributed by atoms with van der Waals surface area (Å²) < 4.78 is 13.8. The summed E-state index contributed by atoms with van der Waals surface area (Å²) in [4.78, 5) is 13.9. The lowest BCUT2D eigenvalue weighted by Crippen LogP contribution is -2.38. The first kappa shape index (κ1) is 17.6. The highest BCUT2D eigenvalue weighted by Gasteiger charge is 2.19. The molecule has 0 aromatic heterocycles. The van der Waals surface area contributed by atoms with Gasteiger partial charge >= 0.3 is 0 Å². The third-order valence-corrected chi connectivity index (χ3v) is 4.04. The molecule has 1 amide bonds. The van der Waals surface area contributed by atoms with Crippen LogP contribution in [0.25, 0.3) is 0 Å². The number of rotatable bonds is 5. The van der Waals surface area contributed by atoms with Gasteiger partial charge in [0.2, 0.25) is 5.91 Å². The Labute approximate surface area is 145 Å². The van der Waals surface area contributed by atoms with Gasteiger partial charge in [0, 0.05) is 34.9 Å². The molecule has 3 nitrogen and oxygen atoms in total. The molecular formula is C17H17Cl2FN2O. The van der Waals surface area contributed by atoms with Crippen molar-refractivity contribution >= 4 is 34.8 Å². The van der Waals surface area contributed by atoms with Gasteiger partial charge in [-0.15, -0.1) is 0 Å². The highest BCUT2D eigenvalue weighted by Crippen LogP contribution is 2.21. The van der Waals surface area contributed by atoms with E-state index < -0.39 is 11.9 Å². The van der Waals surface area contributed by atoms with Gasteiger partial charge in [0.05, 0.1) is 0 Å². The van der Waals surface area contributed by atoms with E-state index in [4.69, 9.17) is 23.2 Å². The zero-order valence-corrected chi connectivity index (χ0v) is 14.3. The number of amides is 1. The van der Waals surface area contributed by atoms with Crippen LogP contribution < -0.4 is 5.32 Å². The molecule has 23 heavy (non-hydrogen) atoms. The zero-order chi connectivity index (χ0) is 17.0. The first-order chi connectivity index (χ1) is 10.9. The second kappa shape index (κ2) is 7.66. The van der Waals surface area contributed by atoms with Crippen molar-refractivity contribution in [1.82, 2.24) is 4.90 Å². The number of nitrogens with one attached hydrogen (secondary N) is 1. The van der Waals surface area contributed by atoms with Crippen molar-refractivity contribution in [3.8, 4) is 0 Å². The van der Waals surface area contributed by atoms with Crippen LogP contribution in [0.15, 0.2) is 42.5 Å². The Kier molecular flexibility index (Phi) is 5.85. The van der Waals surface area contributed by atoms with Crippen molar-refractivity contribution in [3.05, 3.63) is 63.9 Å². The maximum absolute atomic E-state index is 13.8. The van der Waals surface area contributed by atoms with E-state index in [1.807, 2.05) is 0 Å². The molecule has 0 aliphatic carbocycles. The number of hydrogen-bond donors (Lipinski definition) is 1. The van der Waals surface area contributed by atoms with Crippen molar-refractivity contribution < 1.29 is 9.18 Å². The molecule has 0 heterocycles. The number of carbonyl (C=O) groups excluding carboxylic acids is 1. The largest absolute Gasteiger partial charge is 0.374 e. The normalized spacial score (nSPS) is 11.9. The molecular weight excluding hydrogens is 338 g/mol. The van der Waals surface area contributed by atoms with Crippen LogP contribution in [0, 0.1) is 5.82 Å². The average molecular weight is 355 g/mol. The lowest BCUT2D eigenvalue weighted by atomic mass is 10.2. The Morgan fingerprint density at radius 2 is 1.87 bits per heavy atom. The molecule has 0 spiro atoms. The van der Waals surface area contributed by atoms with Gasteiger partial charge < -0.3 is 10.2 Å². The maximum Gasteiger partial charge on any atom is 0.244 e. The third kappa shape index (κ3) is 4.60. The molecule has 0 saturated carbocycles. The zero-order valence-electron chi connectivity index (χ0n) is 12.8. The van der Waals surface area contributed by atoms with Crippen molar-refractivity contribution in [3.63, 3.8) is 0 Å². The summed E-state index contributed by atoms with van der Waals surface area (Å²) >= 11 is 11.8. The number of hydrogen-bond acceptors (Lipinski definition) is 2. The van der Waals surface area contributed by atoms with Crippen LogP contribution in [-0.2, 0) is 11.3 Å². The van der Waals surface area contributed by atoms with Gasteiger partial charge in [-0.05, 0) is 43.3 Å². The van der Waals surface area contributed by atoms with Crippen molar-refractivity contribution in [1.29, 1.82) is 0 Å². The number of halogens is 3. The molecule has 1 unspecified atom stereocenters. The monoisotopic (exact) mass is 354 g/mol. The second-order valence-corrected chi connectivity index (χ2v) is 6.11. The van der Waals surface area contributed by atoms with Gasteiger partial charge in [-0.1, -0.05) is 29.3 Å². The number of carbonyl (C=O) groups is 1. The molecule has 0 saturated heterocycles. The summed E-state index contributed by atoms with van der Waals surface area (Å²) in [5.74, 6) is -0.588. The van der Waals surface area contributed by atoms with Crippen LogP contribution in [0.2, 0.25) is 10.0 Å². The van der Waals surface area contributed by atoms with Crippen molar-refractivity contribution in [2.75, 3.05) is 12.4 Å². The molecule has 0 fully saturated rings. The van der Waals surface area contributed by atoms with E-state index in [-0.39, 0.29) is 12.5 Å². The molecule has 2 aromatic rings. The molecule has 2 aromatic carbocycles. The van der Waals surface area contributed by atoms with Crippen LogP contribution in [-0.4, -0.2) is 23.9 Å². The minimum Gasteiger partial charge on any atom is -0.374 e. The minimum absolute atomic E-state index is 0.108. The van der Waals surface area contributed by atoms with Crippen molar-refractivity contribution in [2.24, 2.45) is 0 Å². The number of benzene rings is 2. The SMILES string of the molecule is CC(Nc1ccc(Cl)cc1)C(=O)N(C)Cc1c(F)cccc1Cl. The second-order valence-electron chi connectivity index (χ2n) is 5.27. The van der Waals surface area contributed by atoms with E-state index in [0.717, 1.165) is 5.69 Å². The van der Waals surface area contributed by atoms with Crippen LogP contribution in [0.4, 0.5) is 10.1 Å². The summed E-state index contributed by atoms with van der Waals surface area (Å²) in [6.45, 7) is 1.85.